The molecule has 5 nitrogen and oxygen atoms in total. The van der Waals surface area contributed by atoms with E-state index in [2.05, 4.69) is 5.32 Å². The summed E-state index contributed by atoms with van der Waals surface area (Å²) in [5.74, 6) is 0. The van der Waals surface area contributed by atoms with Crippen LogP contribution in [0.3, 0.4) is 0 Å². The van der Waals surface area contributed by atoms with Crippen LogP contribution >= 0.6 is 0 Å². The van der Waals surface area contributed by atoms with E-state index < -0.39 is 11.0 Å². The topological polar surface area (TPSA) is 75.4 Å². The van der Waals surface area contributed by atoms with Gasteiger partial charge in [0.25, 0.3) is 5.69 Å². The van der Waals surface area contributed by atoms with Gasteiger partial charge in [0.1, 0.15) is 0 Å². The fourth-order valence-electron chi connectivity index (χ4n) is 1.88. The van der Waals surface area contributed by atoms with Gasteiger partial charge in [0.2, 0.25) is 0 Å². The largest absolute Gasteiger partial charge is 0.387 e. The molecule has 0 aliphatic carbocycles. The molecular formula is C15H16N2O3. The Labute approximate surface area is 117 Å². The second kappa shape index (κ2) is 6.79. The maximum absolute atomic E-state index is 10.5. The van der Waals surface area contributed by atoms with E-state index in [1.807, 2.05) is 30.3 Å². The molecule has 104 valence electrons. The zero-order valence-electron chi connectivity index (χ0n) is 10.9. The van der Waals surface area contributed by atoms with Crippen molar-refractivity contribution in [3.05, 3.63) is 75.8 Å². The van der Waals surface area contributed by atoms with Crippen LogP contribution in [0.2, 0.25) is 0 Å². The first kappa shape index (κ1) is 14.2. The Hall–Kier alpha value is -2.24. The number of aliphatic hydroxyl groups excluding tert-OH is 1. The SMILES string of the molecule is O=[N+]([O-])c1ccc(CNC[C@H](O)c2ccccc2)cc1. The van der Waals surface area contributed by atoms with Gasteiger partial charge in [-0.15, -0.1) is 0 Å². The number of nitrogens with zero attached hydrogens (tertiary/aromatic N) is 1. The van der Waals surface area contributed by atoms with E-state index in [1.54, 1.807) is 12.1 Å². The lowest BCUT2D eigenvalue weighted by molar-refractivity contribution is -0.384. The Morgan fingerprint density at radius 3 is 2.35 bits per heavy atom. The molecule has 0 saturated carbocycles. The van der Waals surface area contributed by atoms with Crippen LogP contribution < -0.4 is 5.32 Å². The van der Waals surface area contributed by atoms with Crippen molar-refractivity contribution in [1.29, 1.82) is 0 Å². The molecule has 5 heteroatoms. The fraction of sp³-hybridized carbons (Fsp3) is 0.200. The molecule has 2 rings (SSSR count). The van der Waals surface area contributed by atoms with Gasteiger partial charge in [0.15, 0.2) is 0 Å². The van der Waals surface area contributed by atoms with Crippen LogP contribution in [0.15, 0.2) is 54.6 Å². The number of nitrogens with one attached hydrogen (secondary N) is 1. The molecule has 1 atom stereocenters. The summed E-state index contributed by atoms with van der Waals surface area (Å²) in [5.41, 5.74) is 1.89. The third-order valence-corrected chi connectivity index (χ3v) is 3.00. The molecule has 2 aromatic carbocycles. The summed E-state index contributed by atoms with van der Waals surface area (Å²) >= 11 is 0. The molecule has 0 saturated heterocycles. The highest BCUT2D eigenvalue weighted by Gasteiger charge is 2.07. The van der Waals surface area contributed by atoms with Crippen LogP contribution in [0.4, 0.5) is 5.69 Å². The van der Waals surface area contributed by atoms with E-state index in [0.29, 0.717) is 13.1 Å². The van der Waals surface area contributed by atoms with Gasteiger partial charge in [0, 0.05) is 25.2 Å². The normalized spacial score (nSPS) is 12.1. The minimum atomic E-state index is -0.561. The Balaban J connectivity index is 1.82. The minimum absolute atomic E-state index is 0.0815. The Morgan fingerprint density at radius 1 is 1.10 bits per heavy atom. The molecule has 0 bridgehead atoms. The highest BCUT2D eigenvalue weighted by Crippen LogP contribution is 2.13. The van der Waals surface area contributed by atoms with Crippen LogP contribution in [-0.4, -0.2) is 16.6 Å². The molecule has 20 heavy (non-hydrogen) atoms. The number of benzene rings is 2. The first-order valence-electron chi connectivity index (χ1n) is 6.34. The van der Waals surface area contributed by atoms with E-state index in [4.69, 9.17) is 0 Å². The van der Waals surface area contributed by atoms with Gasteiger partial charge in [-0.1, -0.05) is 42.5 Å². The Morgan fingerprint density at radius 2 is 1.75 bits per heavy atom. The highest BCUT2D eigenvalue weighted by atomic mass is 16.6. The van der Waals surface area contributed by atoms with Gasteiger partial charge in [0.05, 0.1) is 11.0 Å². The summed E-state index contributed by atoms with van der Waals surface area (Å²) in [5, 5.41) is 23.6. The maximum Gasteiger partial charge on any atom is 0.269 e. The smallest absolute Gasteiger partial charge is 0.269 e. The first-order valence-corrected chi connectivity index (χ1v) is 6.34. The number of aliphatic hydroxyl groups is 1. The molecular weight excluding hydrogens is 256 g/mol. The van der Waals surface area contributed by atoms with Crippen LogP contribution in [-0.2, 0) is 6.54 Å². The van der Waals surface area contributed by atoms with Crippen LogP contribution in [0.1, 0.15) is 17.2 Å². The van der Waals surface area contributed by atoms with Crippen molar-refractivity contribution in [1.82, 2.24) is 5.32 Å². The average Bonchev–Trinajstić information content (AvgIpc) is 2.48. The lowest BCUT2D eigenvalue weighted by atomic mass is 10.1. The molecule has 0 radical (unpaired) electrons. The number of non-ortho nitro benzene ring substituents is 1. The van der Waals surface area contributed by atoms with Crippen molar-refractivity contribution in [2.45, 2.75) is 12.6 Å². The maximum atomic E-state index is 10.5. The molecule has 2 N–H and O–H groups in total. The lowest BCUT2D eigenvalue weighted by Crippen LogP contribution is -2.21. The molecule has 2 aromatic rings. The van der Waals surface area contributed by atoms with Gasteiger partial charge < -0.3 is 10.4 Å². The fourth-order valence-corrected chi connectivity index (χ4v) is 1.88. The van der Waals surface area contributed by atoms with Crippen molar-refractivity contribution < 1.29 is 10.0 Å². The van der Waals surface area contributed by atoms with E-state index in [1.165, 1.54) is 12.1 Å². The number of rotatable bonds is 6. The molecule has 0 unspecified atom stereocenters. The van der Waals surface area contributed by atoms with Crippen LogP contribution in [0.25, 0.3) is 0 Å². The number of nitro benzene ring substituents is 1. The molecule has 0 spiro atoms. The third kappa shape index (κ3) is 3.88. The van der Waals surface area contributed by atoms with Crippen molar-refractivity contribution in [3.63, 3.8) is 0 Å². The Bertz CT molecular complexity index is 555. The molecule has 0 heterocycles. The van der Waals surface area contributed by atoms with Crippen molar-refractivity contribution in [2.24, 2.45) is 0 Å². The van der Waals surface area contributed by atoms with Gasteiger partial charge in [-0.2, -0.15) is 0 Å². The summed E-state index contributed by atoms with van der Waals surface area (Å²) in [6.45, 7) is 0.989. The van der Waals surface area contributed by atoms with Crippen LogP contribution in [0, 0.1) is 10.1 Å². The summed E-state index contributed by atoms with van der Waals surface area (Å²) in [6, 6.07) is 15.8. The quantitative estimate of drug-likeness (QED) is 0.625. The Kier molecular flexibility index (Phi) is 4.81. The highest BCUT2D eigenvalue weighted by molar-refractivity contribution is 5.32. The zero-order chi connectivity index (χ0) is 14.4. The number of hydrogen-bond acceptors (Lipinski definition) is 4. The van der Waals surface area contributed by atoms with Gasteiger partial charge >= 0.3 is 0 Å². The lowest BCUT2D eigenvalue weighted by Gasteiger charge is -2.12. The average molecular weight is 272 g/mol. The number of hydrogen-bond donors (Lipinski definition) is 2. The molecule has 0 amide bonds. The van der Waals surface area contributed by atoms with Crippen molar-refractivity contribution in [3.8, 4) is 0 Å². The standard InChI is InChI=1S/C15H16N2O3/c18-15(13-4-2-1-3-5-13)11-16-10-12-6-8-14(9-7-12)17(19)20/h1-9,15-16,18H,10-11H2/t15-/m0/s1. The van der Waals surface area contributed by atoms with E-state index in [-0.39, 0.29) is 5.69 Å². The van der Waals surface area contributed by atoms with E-state index in [0.717, 1.165) is 11.1 Å². The summed E-state index contributed by atoms with van der Waals surface area (Å²) in [4.78, 5) is 10.1. The molecule has 0 aliphatic heterocycles. The second-order valence-corrected chi connectivity index (χ2v) is 4.48. The first-order chi connectivity index (χ1) is 9.66. The van der Waals surface area contributed by atoms with Crippen molar-refractivity contribution in [2.75, 3.05) is 6.54 Å². The zero-order valence-corrected chi connectivity index (χ0v) is 10.9. The third-order valence-electron chi connectivity index (χ3n) is 3.00. The van der Waals surface area contributed by atoms with Gasteiger partial charge in [-0.3, -0.25) is 10.1 Å². The predicted octanol–water partition coefficient (Wildman–Crippen LogP) is 2.42. The molecule has 0 aliphatic rings. The molecule has 0 fully saturated rings. The van der Waals surface area contributed by atoms with Gasteiger partial charge in [-0.05, 0) is 11.1 Å². The van der Waals surface area contributed by atoms with Gasteiger partial charge in [-0.25, -0.2) is 0 Å². The summed E-state index contributed by atoms with van der Waals surface area (Å²) < 4.78 is 0. The minimum Gasteiger partial charge on any atom is -0.387 e. The van der Waals surface area contributed by atoms with E-state index in [9.17, 15) is 15.2 Å². The molecule has 0 aromatic heterocycles. The second-order valence-electron chi connectivity index (χ2n) is 4.48. The summed E-state index contributed by atoms with van der Waals surface area (Å²) in [6.07, 6.45) is -0.561. The monoisotopic (exact) mass is 272 g/mol. The van der Waals surface area contributed by atoms with Crippen LogP contribution in [0.5, 0.6) is 0 Å². The summed E-state index contributed by atoms with van der Waals surface area (Å²) in [7, 11) is 0. The van der Waals surface area contributed by atoms with Crippen molar-refractivity contribution >= 4 is 5.69 Å². The predicted molar refractivity (Wildman–Crippen MR) is 76.2 cm³/mol. The number of nitro groups is 1. The van der Waals surface area contributed by atoms with E-state index >= 15 is 0 Å².